The number of halogens is 1. The van der Waals surface area contributed by atoms with Gasteiger partial charge in [0.05, 0.1) is 8.66 Å². The molecule has 2 aromatic heterocycles. The van der Waals surface area contributed by atoms with Crippen molar-refractivity contribution in [2.75, 3.05) is 6.54 Å². The van der Waals surface area contributed by atoms with E-state index in [1.807, 2.05) is 13.0 Å². The Morgan fingerprint density at radius 2 is 2.38 bits per heavy atom. The molecule has 0 spiro atoms. The van der Waals surface area contributed by atoms with E-state index in [2.05, 4.69) is 26.1 Å². The van der Waals surface area contributed by atoms with E-state index in [1.165, 1.54) is 5.56 Å². The van der Waals surface area contributed by atoms with Gasteiger partial charge >= 0.3 is 0 Å². The first kappa shape index (κ1) is 11.8. The highest BCUT2D eigenvalue weighted by molar-refractivity contribution is 9.11. The van der Waals surface area contributed by atoms with E-state index >= 15 is 0 Å². The van der Waals surface area contributed by atoms with E-state index in [9.17, 15) is 0 Å². The quantitative estimate of drug-likeness (QED) is 0.943. The molecule has 4 nitrogen and oxygen atoms in total. The van der Waals surface area contributed by atoms with Gasteiger partial charge in [0.1, 0.15) is 0 Å². The Morgan fingerprint density at radius 3 is 3.00 bits per heavy atom. The SMILES string of the molecule is Cc1cc(-c2nc(CCCN)no2)sc1Br. The molecule has 86 valence electrons. The molecular formula is C10H12BrN3OS. The Bertz CT molecular complexity index is 461. The number of hydrogen-bond donors (Lipinski definition) is 1. The Labute approximate surface area is 106 Å². The minimum absolute atomic E-state index is 0.589. The lowest BCUT2D eigenvalue weighted by molar-refractivity contribution is 0.422. The maximum Gasteiger partial charge on any atom is 0.268 e. The van der Waals surface area contributed by atoms with Crippen LogP contribution in [0, 0.1) is 6.92 Å². The monoisotopic (exact) mass is 301 g/mol. The number of aryl methyl sites for hydroxylation is 2. The van der Waals surface area contributed by atoms with Crippen LogP contribution < -0.4 is 5.73 Å². The van der Waals surface area contributed by atoms with Crippen LogP contribution >= 0.6 is 27.3 Å². The fraction of sp³-hybridized carbons (Fsp3) is 0.400. The van der Waals surface area contributed by atoms with Crippen LogP contribution in [0.5, 0.6) is 0 Å². The van der Waals surface area contributed by atoms with Crippen molar-refractivity contribution in [1.82, 2.24) is 10.1 Å². The van der Waals surface area contributed by atoms with Gasteiger partial charge in [-0.3, -0.25) is 0 Å². The second-order valence-electron chi connectivity index (χ2n) is 3.48. The zero-order valence-electron chi connectivity index (χ0n) is 8.86. The summed E-state index contributed by atoms with van der Waals surface area (Å²) in [4.78, 5) is 5.32. The number of aromatic nitrogens is 2. The molecule has 0 bridgehead atoms. The number of rotatable bonds is 4. The summed E-state index contributed by atoms with van der Waals surface area (Å²) in [5.74, 6) is 1.31. The van der Waals surface area contributed by atoms with Crippen molar-refractivity contribution in [2.45, 2.75) is 19.8 Å². The highest BCUT2D eigenvalue weighted by Crippen LogP contribution is 2.33. The molecule has 0 atom stereocenters. The smallest absolute Gasteiger partial charge is 0.268 e. The molecule has 2 rings (SSSR count). The Morgan fingerprint density at radius 1 is 1.56 bits per heavy atom. The van der Waals surface area contributed by atoms with Gasteiger partial charge in [0, 0.05) is 6.42 Å². The Balaban J connectivity index is 2.18. The van der Waals surface area contributed by atoms with Gasteiger partial charge in [-0.05, 0) is 47.4 Å². The minimum Gasteiger partial charge on any atom is -0.333 e. The van der Waals surface area contributed by atoms with Gasteiger partial charge < -0.3 is 10.3 Å². The minimum atomic E-state index is 0.589. The predicted molar refractivity (Wildman–Crippen MR) is 67.4 cm³/mol. The van der Waals surface area contributed by atoms with Crippen molar-refractivity contribution >= 4 is 27.3 Å². The van der Waals surface area contributed by atoms with Gasteiger partial charge in [0.25, 0.3) is 5.89 Å². The van der Waals surface area contributed by atoms with E-state index in [1.54, 1.807) is 11.3 Å². The zero-order chi connectivity index (χ0) is 11.5. The molecule has 2 heterocycles. The maximum absolute atomic E-state index is 5.43. The number of hydrogen-bond acceptors (Lipinski definition) is 5. The van der Waals surface area contributed by atoms with Crippen LogP contribution in [-0.4, -0.2) is 16.7 Å². The average Bonchev–Trinajstić information content (AvgIpc) is 2.84. The van der Waals surface area contributed by atoms with Crippen molar-refractivity contribution in [2.24, 2.45) is 5.73 Å². The standard InChI is InChI=1S/C10H12BrN3OS/c1-6-5-7(16-9(6)11)10-13-8(14-15-10)3-2-4-12/h5H,2-4,12H2,1H3. The van der Waals surface area contributed by atoms with Gasteiger partial charge in [0.15, 0.2) is 5.82 Å². The molecule has 0 aromatic carbocycles. The third-order valence-corrected chi connectivity index (χ3v) is 4.27. The van der Waals surface area contributed by atoms with Crippen LogP contribution in [0.1, 0.15) is 17.8 Å². The largest absolute Gasteiger partial charge is 0.333 e. The molecular weight excluding hydrogens is 290 g/mol. The number of nitrogens with two attached hydrogens (primary N) is 1. The van der Waals surface area contributed by atoms with E-state index in [4.69, 9.17) is 10.3 Å². The van der Waals surface area contributed by atoms with Gasteiger partial charge in [-0.1, -0.05) is 5.16 Å². The normalized spacial score (nSPS) is 10.9. The summed E-state index contributed by atoms with van der Waals surface area (Å²) in [6.07, 6.45) is 1.65. The molecule has 2 aromatic rings. The summed E-state index contributed by atoms with van der Waals surface area (Å²) >= 11 is 5.07. The molecule has 6 heteroatoms. The fourth-order valence-corrected chi connectivity index (χ4v) is 2.74. The molecule has 0 saturated heterocycles. The topological polar surface area (TPSA) is 64.9 Å². The second-order valence-corrected chi connectivity index (χ2v) is 5.85. The van der Waals surface area contributed by atoms with Gasteiger partial charge in [-0.2, -0.15) is 4.98 Å². The van der Waals surface area contributed by atoms with Crippen LogP contribution in [-0.2, 0) is 6.42 Å². The van der Waals surface area contributed by atoms with E-state index in [0.29, 0.717) is 12.4 Å². The average molecular weight is 302 g/mol. The lowest BCUT2D eigenvalue weighted by atomic mass is 10.3. The van der Waals surface area contributed by atoms with Crippen molar-refractivity contribution < 1.29 is 4.52 Å². The molecule has 2 N–H and O–H groups in total. The molecule has 0 radical (unpaired) electrons. The van der Waals surface area contributed by atoms with Crippen LogP contribution in [0.2, 0.25) is 0 Å². The molecule has 0 amide bonds. The molecule has 0 unspecified atom stereocenters. The Kier molecular flexibility index (Phi) is 3.73. The number of nitrogens with zero attached hydrogens (tertiary/aromatic N) is 2. The van der Waals surface area contributed by atoms with Gasteiger partial charge in [-0.25, -0.2) is 0 Å². The van der Waals surface area contributed by atoms with Crippen LogP contribution in [0.4, 0.5) is 0 Å². The first-order chi connectivity index (χ1) is 7.70. The maximum atomic E-state index is 5.43. The highest BCUT2D eigenvalue weighted by Gasteiger charge is 2.12. The lowest BCUT2D eigenvalue weighted by Gasteiger charge is -1.88. The molecule has 0 saturated carbocycles. The van der Waals surface area contributed by atoms with Gasteiger partial charge in [0.2, 0.25) is 0 Å². The van der Waals surface area contributed by atoms with E-state index < -0.39 is 0 Å². The van der Waals surface area contributed by atoms with Crippen LogP contribution in [0.15, 0.2) is 14.4 Å². The predicted octanol–water partition coefficient (Wildman–Crippen LogP) is 2.76. The third kappa shape index (κ3) is 2.50. The first-order valence-corrected chi connectivity index (χ1v) is 6.60. The zero-order valence-corrected chi connectivity index (χ0v) is 11.3. The summed E-state index contributed by atoms with van der Waals surface area (Å²) in [5, 5.41) is 3.92. The summed E-state index contributed by atoms with van der Waals surface area (Å²) < 4.78 is 6.30. The summed E-state index contributed by atoms with van der Waals surface area (Å²) in [5.41, 5.74) is 6.61. The van der Waals surface area contributed by atoms with E-state index in [0.717, 1.165) is 27.3 Å². The summed E-state index contributed by atoms with van der Waals surface area (Å²) in [7, 11) is 0. The van der Waals surface area contributed by atoms with Gasteiger partial charge in [-0.15, -0.1) is 11.3 Å². The first-order valence-electron chi connectivity index (χ1n) is 4.99. The molecule has 0 fully saturated rings. The Hall–Kier alpha value is -0.720. The van der Waals surface area contributed by atoms with Crippen LogP contribution in [0.3, 0.4) is 0 Å². The molecule has 0 aliphatic heterocycles. The molecule has 0 aliphatic carbocycles. The van der Waals surface area contributed by atoms with Crippen molar-refractivity contribution in [3.63, 3.8) is 0 Å². The molecule has 0 aliphatic rings. The fourth-order valence-electron chi connectivity index (χ4n) is 1.28. The van der Waals surface area contributed by atoms with Crippen molar-refractivity contribution in [1.29, 1.82) is 0 Å². The second kappa shape index (κ2) is 5.07. The summed E-state index contributed by atoms with van der Waals surface area (Å²) in [6, 6.07) is 2.04. The molecule has 16 heavy (non-hydrogen) atoms. The lowest BCUT2D eigenvalue weighted by Crippen LogP contribution is -2.01. The number of thiophene rings is 1. The van der Waals surface area contributed by atoms with Crippen LogP contribution in [0.25, 0.3) is 10.8 Å². The summed E-state index contributed by atoms with van der Waals surface area (Å²) in [6.45, 7) is 2.68. The van der Waals surface area contributed by atoms with E-state index in [-0.39, 0.29) is 0 Å². The van der Waals surface area contributed by atoms with Crippen molar-refractivity contribution in [3.05, 3.63) is 21.2 Å². The highest BCUT2D eigenvalue weighted by atomic mass is 79.9. The third-order valence-electron chi connectivity index (χ3n) is 2.14. The van der Waals surface area contributed by atoms with Crippen molar-refractivity contribution in [3.8, 4) is 10.8 Å².